The molecule has 26 heavy (non-hydrogen) atoms. The predicted octanol–water partition coefficient (Wildman–Crippen LogP) is 4.51. The van der Waals surface area contributed by atoms with Gasteiger partial charge in [-0.1, -0.05) is 22.7 Å². The Labute approximate surface area is 157 Å². The minimum atomic E-state index is 0.891. The first-order chi connectivity index (χ1) is 12.5. The fourth-order valence-electron chi connectivity index (χ4n) is 3.15. The van der Waals surface area contributed by atoms with Gasteiger partial charge in [-0.2, -0.15) is 10.2 Å². The first-order valence-electron chi connectivity index (χ1n) is 8.26. The second-order valence-corrected chi connectivity index (χ2v) is 8.48. The van der Waals surface area contributed by atoms with Gasteiger partial charge in [-0.05, 0) is 52.0 Å². The van der Waals surface area contributed by atoms with Crippen LogP contribution in [0, 0.1) is 27.7 Å². The van der Waals surface area contributed by atoms with E-state index in [1.54, 1.807) is 22.7 Å². The molecule has 8 heteroatoms. The third-order valence-electron chi connectivity index (χ3n) is 4.26. The van der Waals surface area contributed by atoms with Crippen molar-refractivity contribution in [2.45, 2.75) is 27.7 Å². The third kappa shape index (κ3) is 2.37. The highest BCUT2D eigenvalue weighted by Crippen LogP contribution is 2.33. The van der Waals surface area contributed by atoms with Gasteiger partial charge in [0.1, 0.15) is 0 Å². The van der Waals surface area contributed by atoms with Crippen molar-refractivity contribution in [3.05, 3.63) is 47.0 Å². The summed E-state index contributed by atoms with van der Waals surface area (Å²) in [7, 11) is 0. The molecule has 0 amide bonds. The number of benzene rings is 1. The van der Waals surface area contributed by atoms with E-state index in [2.05, 4.69) is 34.5 Å². The van der Waals surface area contributed by atoms with Crippen molar-refractivity contribution in [3.63, 3.8) is 0 Å². The maximum atomic E-state index is 4.77. The first kappa shape index (κ1) is 15.7. The minimum absolute atomic E-state index is 0.891. The SMILES string of the molecule is Cc1cc(C)n(-c2nc3cc4nc(-n5nc(C)cc5C)sc4cc3s2)n1. The number of nitrogens with zero attached hydrogens (tertiary/aromatic N) is 6. The minimum Gasteiger partial charge on any atom is -0.218 e. The van der Waals surface area contributed by atoms with Crippen LogP contribution in [0.4, 0.5) is 0 Å². The Bertz CT molecular complexity index is 1140. The first-order valence-corrected chi connectivity index (χ1v) is 9.89. The van der Waals surface area contributed by atoms with Gasteiger partial charge in [0.25, 0.3) is 0 Å². The fourth-order valence-corrected chi connectivity index (χ4v) is 5.22. The Balaban J connectivity index is 1.65. The molecule has 6 nitrogen and oxygen atoms in total. The Morgan fingerprint density at radius 1 is 0.654 bits per heavy atom. The van der Waals surface area contributed by atoms with Crippen molar-refractivity contribution < 1.29 is 0 Å². The number of fused-ring (bicyclic) bond motifs is 2. The highest BCUT2D eigenvalue weighted by Gasteiger charge is 2.14. The van der Waals surface area contributed by atoms with E-state index in [0.29, 0.717) is 0 Å². The Morgan fingerprint density at radius 3 is 1.50 bits per heavy atom. The van der Waals surface area contributed by atoms with Crippen molar-refractivity contribution in [1.29, 1.82) is 0 Å². The molecule has 130 valence electrons. The van der Waals surface area contributed by atoms with Gasteiger partial charge in [0, 0.05) is 11.4 Å². The standard InChI is InChI=1S/C18H16N6S2/c1-9-5-11(3)23(21-9)17-19-13-7-14-16(8-15(13)25-17)26-18(20-14)24-12(4)6-10(2)22-24/h5-8H,1-4H3. The maximum Gasteiger partial charge on any atom is 0.211 e. The summed E-state index contributed by atoms with van der Waals surface area (Å²) in [4.78, 5) is 9.54. The molecule has 5 aromatic rings. The lowest BCUT2D eigenvalue weighted by molar-refractivity contribution is 0.827. The van der Waals surface area contributed by atoms with Crippen LogP contribution in [0.15, 0.2) is 24.3 Å². The third-order valence-corrected chi connectivity index (χ3v) is 6.24. The van der Waals surface area contributed by atoms with Gasteiger partial charge >= 0.3 is 0 Å². The molecule has 4 heterocycles. The van der Waals surface area contributed by atoms with E-state index in [4.69, 9.17) is 9.97 Å². The van der Waals surface area contributed by atoms with Gasteiger partial charge < -0.3 is 0 Å². The van der Waals surface area contributed by atoms with Crippen LogP contribution in [-0.2, 0) is 0 Å². The summed E-state index contributed by atoms with van der Waals surface area (Å²) in [5.74, 6) is 0. The summed E-state index contributed by atoms with van der Waals surface area (Å²) in [6.45, 7) is 8.09. The fraction of sp³-hybridized carbons (Fsp3) is 0.222. The number of aryl methyl sites for hydroxylation is 4. The molecular formula is C18H16N6S2. The van der Waals surface area contributed by atoms with Crippen LogP contribution >= 0.6 is 22.7 Å². The molecule has 0 aliphatic carbocycles. The second-order valence-electron chi connectivity index (χ2n) is 6.46. The monoisotopic (exact) mass is 380 g/mol. The molecule has 0 unspecified atom stereocenters. The highest BCUT2D eigenvalue weighted by atomic mass is 32.1. The molecule has 4 aromatic heterocycles. The Morgan fingerprint density at radius 2 is 1.12 bits per heavy atom. The van der Waals surface area contributed by atoms with Crippen molar-refractivity contribution in [2.75, 3.05) is 0 Å². The van der Waals surface area contributed by atoms with E-state index in [1.807, 2.05) is 37.1 Å². The molecule has 0 radical (unpaired) electrons. The zero-order valence-electron chi connectivity index (χ0n) is 14.8. The highest BCUT2D eigenvalue weighted by molar-refractivity contribution is 7.23. The number of rotatable bonds is 2. The molecule has 1 aromatic carbocycles. The summed E-state index contributed by atoms with van der Waals surface area (Å²) in [6, 6.07) is 8.35. The molecule has 0 fully saturated rings. The van der Waals surface area contributed by atoms with E-state index in [1.165, 1.54) is 0 Å². The summed E-state index contributed by atoms with van der Waals surface area (Å²) in [5.41, 5.74) is 6.09. The van der Waals surface area contributed by atoms with Crippen LogP contribution in [0.1, 0.15) is 22.8 Å². The lowest BCUT2D eigenvalue weighted by Gasteiger charge is -1.96. The van der Waals surface area contributed by atoms with Gasteiger partial charge in [0.2, 0.25) is 10.3 Å². The summed E-state index contributed by atoms with van der Waals surface area (Å²) >= 11 is 3.30. The van der Waals surface area contributed by atoms with E-state index < -0.39 is 0 Å². The zero-order chi connectivity index (χ0) is 18.0. The predicted molar refractivity (Wildman–Crippen MR) is 106 cm³/mol. The molecule has 0 bridgehead atoms. The molecule has 0 aliphatic heterocycles. The molecule has 0 aliphatic rings. The van der Waals surface area contributed by atoms with Crippen LogP contribution in [0.25, 0.3) is 30.7 Å². The van der Waals surface area contributed by atoms with Crippen LogP contribution in [-0.4, -0.2) is 29.5 Å². The molecular weight excluding hydrogens is 364 g/mol. The van der Waals surface area contributed by atoms with Crippen molar-refractivity contribution >= 4 is 43.1 Å². The average molecular weight is 381 g/mol. The number of thiazole rings is 2. The molecule has 0 spiro atoms. The van der Waals surface area contributed by atoms with Crippen LogP contribution in [0.3, 0.4) is 0 Å². The van der Waals surface area contributed by atoms with Gasteiger partial charge in [-0.25, -0.2) is 19.3 Å². The quantitative estimate of drug-likeness (QED) is 0.452. The molecule has 0 saturated carbocycles. The van der Waals surface area contributed by atoms with Crippen LogP contribution in [0.5, 0.6) is 0 Å². The largest absolute Gasteiger partial charge is 0.218 e. The topological polar surface area (TPSA) is 61.4 Å². The summed E-state index contributed by atoms with van der Waals surface area (Å²) < 4.78 is 6.10. The van der Waals surface area contributed by atoms with Crippen LogP contribution in [0.2, 0.25) is 0 Å². The number of aromatic nitrogens is 6. The van der Waals surface area contributed by atoms with E-state index >= 15 is 0 Å². The summed E-state index contributed by atoms with van der Waals surface area (Å²) in [5, 5.41) is 10.9. The smallest absolute Gasteiger partial charge is 0.211 e. The van der Waals surface area contributed by atoms with Gasteiger partial charge in [-0.15, -0.1) is 0 Å². The lowest BCUT2D eigenvalue weighted by Crippen LogP contribution is -1.97. The Hall–Kier alpha value is -2.58. The van der Waals surface area contributed by atoms with E-state index in [9.17, 15) is 0 Å². The summed E-state index contributed by atoms with van der Waals surface area (Å²) in [6.07, 6.45) is 0. The lowest BCUT2D eigenvalue weighted by atomic mass is 10.3. The molecule has 5 rings (SSSR count). The van der Waals surface area contributed by atoms with Gasteiger partial charge in [-0.3, -0.25) is 0 Å². The zero-order valence-corrected chi connectivity index (χ0v) is 16.4. The second kappa shape index (κ2) is 5.46. The van der Waals surface area contributed by atoms with E-state index in [-0.39, 0.29) is 0 Å². The van der Waals surface area contributed by atoms with Crippen molar-refractivity contribution in [3.8, 4) is 10.3 Å². The molecule has 0 saturated heterocycles. The van der Waals surface area contributed by atoms with Gasteiger partial charge in [0.15, 0.2) is 0 Å². The van der Waals surface area contributed by atoms with Crippen molar-refractivity contribution in [1.82, 2.24) is 29.5 Å². The van der Waals surface area contributed by atoms with Gasteiger partial charge in [0.05, 0.1) is 31.8 Å². The van der Waals surface area contributed by atoms with Crippen LogP contribution < -0.4 is 0 Å². The number of hydrogen-bond acceptors (Lipinski definition) is 6. The van der Waals surface area contributed by atoms with Crippen molar-refractivity contribution in [2.24, 2.45) is 0 Å². The maximum absolute atomic E-state index is 4.77. The average Bonchev–Trinajstić information content (AvgIpc) is 3.30. The number of hydrogen-bond donors (Lipinski definition) is 0. The molecule has 0 atom stereocenters. The van der Waals surface area contributed by atoms with E-state index in [0.717, 1.165) is 53.5 Å². The molecule has 0 N–H and O–H groups in total. The normalized spacial score (nSPS) is 11.8. The Kier molecular flexibility index (Phi) is 3.29.